The number of rotatable bonds is 2. The minimum atomic E-state index is 0.783. The summed E-state index contributed by atoms with van der Waals surface area (Å²) in [6.07, 6.45) is 5.56. The van der Waals surface area contributed by atoms with Gasteiger partial charge in [0.25, 0.3) is 0 Å². The van der Waals surface area contributed by atoms with Crippen LogP contribution in [0, 0.1) is 5.92 Å². The SMILES string of the molecule is CC1CCN(CC2CCCN2)C(C)C1. The lowest BCUT2D eigenvalue weighted by Crippen LogP contribution is -2.46. The van der Waals surface area contributed by atoms with Gasteiger partial charge in [-0.05, 0) is 51.6 Å². The van der Waals surface area contributed by atoms with Crippen molar-refractivity contribution in [2.24, 2.45) is 5.92 Å². The van der Waals surface area contributed by atoms with Crippen LogP contribution in [0.1, 0.15) is 39.5 Å². The first-order valence-corrected chi connectivity index (χ1v) is 6.23. The van der Waals surface area contributed by atoms with Crippen LogP contribution in [0.2, 0.25) is 0 Å². The summed E-state index contributed by atoms with van der Waals surface area (Å²) in [7, 11) is 0. The van der Waals surface area contributed by atoms with Crippen molar-refractivity contribution in [1.82, 2.24) is 10.2 Å². The first-order valence-electron chi connectivity index (χ1n) is 6.23. The average Bonchev–Trinajstić information content (AvgIpc) is 2.62. The van der Waals surface area contributed by atoms with Gasteiger partial charge in [0.1, 0.15) is 0 Å². The molecular weight excluding hydrogens is 172 g/mol. The summed E-state index contributed by atoms with van der Waals surface area (Å²) in [6.45, 7) is 8.63. The molecule has 82 valence electrons. The molecule has 14 heavy (non-hydrogen) atoms. The summed E-state index contributed by atoms with van der Waals surface area (Å²) in [6, 6.07) is 1.59. The Morgan fingerprint density at radius 2 is 2.14 bits per heavy atom. The van der Waals surface area contributed by atoms with Gasteiger partial charge in [-0.3, -0.25) is 4.90 Å². The van der Waals surface area contributed by atoms with E-state index in [1.165, 1.54) is 45.3 Å². The Morgan fingerprint density at radius 1 is 1.29 bits per heavy atom. The van der Waals surface area contributed by atoms with Crippen LogP contribution >= 0.6 is 0 Å². The average molecular weight is 196 g/mol. The third kappa shape index (κ3) is 2.48. The van der Waals surface area contributed by atoms with Gasteiger partial charge in [-0.15, -0.1) is 0 Å². The van der Waals surface area contributed by atoms with E-state index in [-0.39, 0.29) is 0 Å². The molecule has 2 nitrogen and oxygen atoms in total. The van der Waals surface area contributed by atoms with Crippen LogP contribution in [-0.4, -0.2) is 36.6 Å². The molecule has 2 aliphatic heterocycles. The molecule has 0 radical (unpaired) electrons. The van der Waals surface area contributed by atoms with Crippen LogP contribution in [0.25, 0.3) is 0 Å². The summed E-state index contributed by atoms with van der Waals surface area (Å²) in [5.41, 5.74) is 0. The van der Waals surface area contributed by atoms with E-state index in [2.05, 4.69) is 24.1 Å². The Morgan fingerprint density at radius 3 is 2.79 bits per heavy atom. The van der Waals surface area contributed by atoms with E-state index in [0.717, 1.165) is 18.0 Å². The molecule has 0 saturated carbocycles. The zero-order valence-electron chi connectivity index (χ0n) is 9.63. The molecule has 0 aromatic rings. The molecule has 2 rings (SSSR count). The summed E-state index contributed by atoms with van der Waals surface area (Å²) in [5.74, 6) is 0.942. The highest BCUT2D eigenvalue weighted by Gasteiger charge is 2.25. The smallest absolute Gasteiger partial charge is 0.0195 e. The molecule has 3 unspecified atom stereocenters. The topological polar surface area (TPSA) is 15.3 Å². The van der Waals surface area contributed by atoms with E-state index in [1.807, 2.05) is 0 Å². The molecule has 0 bridgehead atoms. The van der Waals surface area contributed by atoms with Gasteiger partial charge in [-0.25, -0.2) is 0 Å². The van der Waals surface area contributed by atoms with Crippen molar-refractivity contribution in [2.45, 2.75) is 51.6 Å². The molecule has 3 atom stereocenters. The minimum absolute atomic E-state index is 0.783. The Hall–Kier alpha value is -0.0800. The number of nitrogens with one attached hydrogen (secondary N) is 1. The largest absolute Gasteiger partial charge is 0.313 e. The van der Waals surface area contributed by atoms with Crippen molar-refractivity contribution in [3.05, 3.63) is 0 Å². The zero-order chi connectivity index (χ0) is 9.97. The van der Waals surface area contributed by atoms with Crippen molar-refractivity contribution in [3.8, 4) is 0 Å². The lowest BCUT2D eigenvalue weighted by Gasteiger charge is -2.37. The molecule has 2 heterocycles. The highest BCUT2D eigenvalue weighted by molar-refractivity contribution is 4.83. The normalized spacial score (nSPS) is 40.3. The fourth-order valence-corrected chi connectivity index (χ4v) is 2.92. The van der Waals surface area contributed by atoms with Crippen molar-refractivity contribution < 1.29 is 0 Å². The van der Waals surface area contributed by atoms with E-state index < -0.39 is 0 Å². The fourth-order valence-electron chi connectivity index (χ4n) is 2.92. The van der Waals surface area contributed by atoms with Gasteiger partial charge in [0.05, 0.1) is 0 Å². The monoisotopic (exact) mass is 196 g/mol. The molecule has 0 aromatic heterocycles. The molecule has 2 fully saturated rings. The second kappa shape index (κ2) is 4.63. The highest BCUT2D eigenvalue weighted by atomic mass is 15.2. The quantitative estimate of drug-likeness (QED) is 0.725. The maximum Gasteiger partial charge on any atom is 0.0195 e. The van der Waals surface area contributed by atoms with Crippen LogP contribution < -0.4 is 5.32 Å². The molecule has 0 aromatic carbocycles. The fraction of sp³-hybridized carbons (Fsp3) is 1.00. The van der Waals surface area contributed by atoms with E-state index in [0.29, 0.717) is 0 Å². The van der Waals surface area contributed by atoms with Crippen molar-refractivity contribution in [1.29, 1.82) is 0 Å². The van der Waals surface area contributed by atoms with Gasteiger partial charge in [0.2, 0.25) is 0 Å². The third-order valence-corrected chi connectivity index (χ3v) is 3.89. The molecule has 2 aliphatic rings. The third-order valence-electron chi connectivity index (χ3n) is 3.89. The summed E-state index contributed by atoms with van der Waals surface area (Å²) in [4.78, 5) is 2.68. The predicted octanol–water partition coefficient (Wildman–Crippen LogP) is 1.86. The van der Waals surface area contributed by atoms with Crippen molar-refractivity contribution >= 4 is 0 Å². The van der Waals surface area contributed by atoms with Gasteiger partial charge < -0.3 is 5.32 Å². The number of hydrogen-bond donors (Lipinski definition) is 1. The minimum Gasteiger partial charge on any atom is -0.313 e. The van der Waals surface area contributed by atoms with Gasteiger partial charge >= 0.3 is 0 Å². The molecule has 1 N–H and O–H groups in total. The predicted molar refractivity (Wildman–Crippen MR) is 60.5 cm³/mol. The van der Waals surface area contributed by atoms with Crippen molar-refractivity contribution in [2.75, 3.05) is 19.6 Å². The number of nitrogens with zero attached hydrogens (tertiary/aromatic N) is 1. The molecule has 2 heteroatoms. The molecular formula is C12H24N2. The molecule has 0 amide bonds. The van der Waals surface area contributed by atoms with Gasteiger partial charge in [-0.1, -0.05) is 6.92 Å². The summed E-state index contributed by atoms with van der Waals surface area (Å²) < 4.78 is 0. The maximum atomic E-state index is 3.59. The van der Waals surface area contributed by atoms with Crippen LogP contribution in [0.15, 0.2) is 0 Å². The molecule has 2 saturated heterocycles. The Labute approximate surface area is 88.1 Å². The lowest BCUT2D eigenvalue weighted by molar-refractivity contribution is 0.119. The molecule has 0 spiro atoms. The Kier molecular flexibility index (Phi) is 3.45. The Balaban J connectivity index is 1.79. The lowest BCUT2D eigenvalue weighted by atomic mass is 9.93. The van der Waals surface area contributed by atoms with Crippen LogP contribution in [0.4, 0.5) is 0 Å². The standard InChI is InChI=1S/C12H24N2/c1-10-5-7-14(11(2)8-10)9-12-4-3-6-13-12/h10-13H,3-9H2,1-2H3. The number of piperidine rings is 1. The molecule has 0 aliphatic carbocycles. The van der Waals surface area contributed by atoms with Gasteiger partial charge in [0.15, 0.2) is 0 Å². The first-order chi connectivity index (χ1) is 6.75. The number of likely N-dealkylation sites (tertiary alicyclic amines) is 1. The second-order valence-electron chi connectivity index (χ2n) is 5.27. The van der Waals surface area contributed by atoms with E-state index in [1.54, 1.807) is 0 Å². The van der Waals surface area contributed by atoms with E-state index >= 15 is 0 Å². The van der Waals surface area contributed by atoms with Gasteiger partial charge in [-0.2, -0.15) is 0 Å². The summed E-state index contributed by atoms with van der Waals surface area (Å²) in [5, 5.41) is 3.59. The van der Waals surface area contributed by atoms with E-state index in [4.69, 9.17) is 0 Å². The van der Waals surface area contributed by atoms with Crippen molar-refractivity contribution in [3.63, 3.8) is 0 Å². The maximum absolute atomic E-state index is 3.59. The van der Waals surface area contributed by atoms with Crippen LogP contribution in [-0.2, 0) is 0 Å². The second-order valence-corrected chi connectivity index (χ2v) is 5.27. The van der Waals surface area contributed by atoms with Gasteiger partial charge in [0, 0.05) is 18.6 Å². The summed E-state index contributed by atoms with van der Waals surface area (Å²) >= 11 is 0. The highest BCUT2D eigenvalue weighted by Crippen LogP contribution is 2.22. The van der Waals surface area contributed by atoms with E-state index in [9.17, 15) is 0 Å². The van der Waals surface area contributed by atoms with Crippen LogP contribution in [0.5, 0.6) is 0 Å². The first kappa shape index (κ1) is 10.4. The number of hydrogen-bond acceptors (Lipinski definition) is 2. The zero-order valence-corrected chi connectivity index (χ0v) is 9.63. The Bertz CT molecular complexity index is 175. The van der Waals surface area contributed by atoms with Crippen LogP contribution in [0.3, 0.4) is 0 Å².